The van der Waals surface area contributed by atoms with Crippen molar-refractivity contribution in [3.8, 4) is 11.5 Å². The second-order valence-electron chi connectivity index (χ2n) is 5.62. The van der Waals surface area contributed by atoms with Crippen molar-refractivity contribution in [1.82, 2.24) is 0 Å². The summed E-state index contributed by atoms with van der Waals surface area (Å²) >= 11 is 0. The molecule has 2 aromatic carbocycles. The van der Waals surface area contributed by atoms with Crippen LogP contribution in [0.1, 0.15) is 11.1 Å². The van der Waals surface area contributed by atoms with Gasteiger partial charge in [-0.1, -0.05) is 18.2 Å². The zero-order chi connectivity index (χ0) is 18.7. The third-order valence-corrected chi connectivity index (χ3v) is 3.92. The lowest BCUT2D eigenvalue weighted by molar-refractivity contribution is -0.131. The highest BCUT2D eigenvalue weighted by molar-refractivity contribution is 6.09. The number of rotatable bonds is 4. The Bertz CT molecular complexity index is 930. The summed E-state index contributed by atoms with van der Waals surface area (Å²) in [6, 6.07) is 12.4. The molecule has 3 rings (SSSR count). The molecule has 6 heteroatoms. The first kappa shape index (κ1) is 17.3. The molecule has 1 aliphatic heterocycles. The van der Waals surface area contributed by atoms with E-state index in [0.717, 1.165) is 6.08 Å². The van der Waals surface area contributed by atoms with Gasteiger partial charge in [0.15, 0.2) is 11.5 Å². The van der Waals surface area contributed by atoms with Crippen molar-refractivity contribution >= 4 is 29.7 Å². The maximum Gasteiger partial charge on any atom is 0.328 e. The number of nitrogens with zero attached hydrogens (tertiary/aromatic N) is 1. The van der Waals surface area contributed by atoms with E-state index < -0.39 is 5.97 Å². The Hall–Kier alpha value is -3.54. The maximum absolute atomic E-state index is 12.6. The lowest BCUT2D eigenvalue weighted by atomic mass is 10.1. The van der Waals surface area contributed by atoms with E-state index in [1.165, 1.54) is 18.1 Å². The molecule has 0 radical (unpaired) electrons. The zero-order valence-electron chi connectivity index (χ0n) is 14.3. The van der Waals surface area contributed by atoms with Gasteiger partial charge in [0.25, 0.3) is 5.91 Å². The largest absolute Gasteiger partial charge is 0.496 e. The molecule has 132 valence electrons. The fourth-order valence-electron chi connectivity index (χ4n) is 2.63. The number of carbonyl (C=O) groups excluding carboxylic acids is 1. The first-order valence-electron chi connectivity index (χ1n) is 7.85. The van der Waals surface area contributed by atoms with Crippen LogP contribution in [0, 0.1) is 0 Å². The van der Waals surface area contributed by atoms with E-state index in [9.17, 15) is 9.59 Å². The zero-order valence-corrected chi connectivity index (χ0v) is 14.3. The van der Waals surface area contributed by atoms with Crippen molar-refractivity contribution in [2.75, 3.05) is 19.1 Å². The highest BCUT2D eigenvalue weighted by Gasteiger charge is 2.27. The Labute approximate surface area is 150 Å². The second-order valence-corrected chi connectivity index (χ2v) is 5.62. The molecule has 2 aromatic rings. The van der Waals surface area contributed by atoms with Crippen molar-refractivity contribution in [3.63, 3.8) is 0 Å². The van der Waals surface area contributed by atoms with Gasteiger partial charge in [-0.05, 0) is 42.0 Å². The summed E-state index contributed by atoms with van der Waals surface area (Å²) in [5, 5.41) is 8.77. The van der Waals surface area contributed by atoms with Gasteiger partial charge < -0.3 is 19.5 Å². The smallest absolute Gasteiger partial charge is 0.328 e. The molecule has 0 saturated carbocycles. The first-order chi connectivity index (χ1) is 12.5. The number of carboxylic acid groups (broad SMARTS) is 1. The molecule has 1 aliphatic rings. The number of fused-ring (bicyclic) bond motifs is 1. The Morgan fingerprint density at radius 3 is 2.73 bits per heavy atom. The summed E-state index contributed by atoms with van der Waals surface area (Å²) in [5.41, 5.74) is 1.97. The first-order valence-corrected chi connectivity index (χ1v) is 7.85. The van der Waals surface area contributed by atoms with Gasteiger partial charge in [0.2, 0.25) is 0 Å². The summed E-state index contributed by atoms with van der Waals surface area (Å²) in [7, 11) is 3.20. The number of methoxy groups -OCH3 is 1. The number of para-hydroxylation sites is 2. The van der Waals surface area contributed by atoms with Crippen molar-refractivity contribution in [2.24, 2.45) is 0 Å². The quantitative estimate of drug-likeness (QED) is 0.856. The summed E-state index contributed by atoms with van der Waals surface area (Å²) in [6.07, 6.45) is 4.10. The van der Waals surface area contributed by atoms with E-state index in [1.54, 1.807) is 37.4 Å². The van der Waals surface area contributed by atoms with Crippen LogP contribution >= 0.6 is 0 Å². The second kappa shape index (κ2) is 7.14. The SMILES string of the molecule is COc1ccc(/C=C/C(=O)O)cc1/C=C1\Oc2ccccc2N(C)C1=O. The number of carboxylic acids is 1. The third-order valence-electron chi connectivity index (χ3n) is 3.92. The number of carbonyl (C=O) groups is 2. The normalized spacial score (nSPS) is 15.1. The van der Waals surface area contributed by atoms with Gasteiger partial charge in [0.1, 0.15) is 5.75 Å². The van der Waals surface area contributed by atoms with Gasteiger partial charge in [0.05, 0.1) is 12.8 Å². The summed E-state index contributed by atoms with van der Waals surface area (Å²) in [4.78, 5) is 24.8. The molecular formula is C20H17NO5. The van der Waals surface area contributed by atoms with Gasteiger partial charge in [-0.15, -0.1) is 0 Å². The number of benzene rings is 2. The number of hydrogen-bond acceptors (Lipinski definition) is 4. The maximum atomic E-state index is 12.6. The van der Waals surface area contributed by atoms with Crippen LogP contribution < -0.4 is 14.4 Å². The van der Waals surface area contributed by atoms with Crippen LogP contribution in [0.5, 0.6) is 11.5 Å². The van der Waals surface area contributed by atoms with E-state index in [0.29, 0.717) is 28.3 Å². The molecule has 0 bridgehead atoms. The molecule has 1 N–H and O–H groups in total. The topological polar surface area (TPSA) is 76.1 Å². The average molecular weight is 351 g/mol. The number of likely N-dealkylation sites (N-methyl/N-ethyl adjacent to an activating group) is 1. The monoisotopic (exact) mass is 351 g/mol. The molecule has 0 unspecified atom stereocenters. The fourth-order valence-corrected chi connectivity index (χ4v) is 2.63. The van der Waals surface area contributed by atoms with Crippen LogP contribution in [0.3, 0.4) is 0 Å². The van der Waals surface area contributed by atoms with E-state index >= 15 is 0 Å². The molecule has 1 heterocycles. The summed E-state index contributed by atoms with van der Waals surface area (Å²) in [6.45, 7) is 0. The molecule has 1 amide bonds. The predicted octanol–water partition coefficient (Wildman–Crippen LogP) is 3.19. The fraction of sp³-hybridized carbons (Fsp3) is 0.100. The number of hydrogen-bond donors (Lipinski definition) is 1. The van der Waals surface area contributed by atoms with Crippen molar-refractivity contribution in [3.05, 3.63) is 65.4 Å². The van der Waals surface area contributed by atoms with E-state index in [1.807, 2.05) is 18.2 Å². The molecule has 0 fully saturated rings. The molecule has 0 saturated heterocycles. The van der Waals surface area contributed by atoms with Crippen LogP contribution in [-0.2, 0) is 9.59 Å². The minimum absolute atomic E-state index is 0.156. The minimum Gasteiger partial charge on any atom is -0.496 e. The van der Waals surface area contributed by atoms with Crippen LogP contribution in [0.15, 0.2) is 54.3 Å². The molecule has 0 aliphatic carbocycles. The van der Waals surface area contributed by atoms with Gasteiger partial charge in [-0.3, -0.25) is 4.79 Å². The van der Waals surface area contributed by atoms with Gasteiger partial charge in [-0.2, -0.15) is 0 Å². The predicted molar refractivity (Wildman–Crippen MR) is 98.1 cm³/mol. The van der Waals surface area contributed by atoms with Crippen LogP contribution in [0.25, 0.3) is 12.2 Å². The van der Waals surface area contributed by atoms with Gasteiger partial charge in [0, 0.05) is 18.7 Å². The van der Waals surface area contributed by atoms with Crippen LogP contribution in [0.2, 0.25) is 0 Å². The van der Waals surface area contributed by atoms with E-state index in [4.69, 9.17) is 14.6 Å². The Morgan fingerprint density at radius 1 is 1.23 bits per heavy atom. The highest BCUT2D eigenvalue weighted by atomic mass is 16.5. The van der Waals surface area contributed by atoms with E-state index in [-0.39, 0.29) is 11.7 Å². The van der Waals surface area contributed by atoms with Gasteiger partial charge in [-0.25, -0.2) is 4.79 Å². The lowest BCUT2D eigenvalue weighted by Crippen LogP contribution is -2.33. The molecule has 26 heavy (non-hydrogen) atoms. The molecule has 0 atom stereocenters. The lowest BCUT2D eigenvalue weighted by Gasteiger charge is -2.27. The van der Waals surface area contributed by atoms with Crippen molar-refractivity contribution in [2.45, 2.75) is 0 Å². The molecule has 0 aromatic heterocycles. The average Bonchev–Trinajstić information content (AvgIpc) is 2.64. The summed E-state index contributed by atoms with van der Waals surface area (Å²) < 4.78 is 11.1. The number of anilines is 1. The van der Waals surface area contributed by atoms with Crippen LogP contribution in [0.4, 0.5) is 5.69 Å². The Morgan fingerprint density at radius 2 is 2.00 bits per heavy atom. The minimum atomic E-state index is -1.04. The standard InChI is InChI=1S/C20H17NO5/c1-21-15-5-3-4-6-17(15)26-18(20(21)24)12-14-11-13(8-10-19(22)23)7-9-16(14)25-2/h3-12H,1-2H3,(H,22,23)/b10-8+,18-12-. The van der Waals surface area contributed by atoms with E-state index in [2.05, 4.69) is 0 Å². The number of aliphatic carboxylic acids is 1. The van der Waals surface area contributed by atoms with Gasteiger partial charge >= 0.3 is 5.97 Å². The highest BCUT2D eigenvalue weighted by Crippen LogP contribution is 2.35. The number of amides is 1. The van der Waals surface area contributed by atoms with Crippen LogP contribution in [-0.4, -0.2) is 31.1 Å². The molecule has 0 spiro atoms. The number of ether oxygens (including phenoxy) is 2. The third kappa shape index (κ3) is 3.44. The summed E-state index contributed by atoms with van der Waals surface area (Å²) in [5.74, 6) is -0.0320. The van der Waals surface area contributed by atoms with Crippen molar-refractivity contribution in [1.29, 1.82) is 0 Å². The molecule has 6 nitrogen and oxygen atoms in total. The Balaban J connectivity index is 2.02. The van der Waals surface area contributed by atoms with Crippen molar-refractivity contribution < 1.29 is 24.2 Å². The Kier molecular flexibility index (Phi) is 4.75. The molecular weight excluding hydrogens is 334 g/mol.